The van der Waals surface area contributed by atoms with Crippen LogP contribution < -0.4 is 16.0 Å². The Morgan fingerprint density at radius 2 is 1.86 bits per heavy atom. The molecule has 1 aliphatic rings. The monoisotopic (exact) mass is 723 g/mol. The number of carbonyl (C=O) groups excluding carboxylic acids is 1. The van der Waals surface area contributed by atoms with Gasteiger partial charge in [-0.3, -0.25) is 9.97 Å². The van der Waals surface area contributed by atoms with Crippen LogP contribution in [0, 0.1) is 22.7 Å². The van der Waals surface area contributed by atoms with Crippen LogP contribution in [0.5, 0.6) is 0 Å². The molecule has 51 heavy (non-hydrogen) atoms. The average Bonchev–Trinajstić information content (AvgIpc) is 3.16. The number of pyridine rings is 2. The van der Waals surface area contributed by atoms with Crippen LogP contribution in [0.4, 0.5) is 26.2 Å². The Balaban J connectivity index is 1.21. The molecule has 6 rings (SSSR count). The first-order valence-corrected chi connectivity index (χ1v) is 16.8. The van der Waals surface area contributed by atoms with Gasteiger partial charge >= 0.3 is 6.09 Å². The number of carbonyl (C=O) groups is 1. The van der Waals surface area contributed by atoms with Crippen LogP contribution in [0.2, 0.25) is 10.0 Å². The first-order chi connectivity index (χ1) is 24.8. The number of piperidine rings is 1. The second-order valence-electron chi connectivity index (χ2n) is 11.8. The smallest absolute Gasteiger partial charge is 0.410 e. The Labute approximate surface area is 303 Å². The summed E-state index contributed by atoms with van der Waals surface area (Å²) in [6.07, 6.45) is 7.46. The summed E-state index contributed by atoms with van der Waals surface area (Å²) in [5.74, 6) is -0.568. The summed E-state index contributed by atoms with van der Waals surface area (Å²) in [6, 6.07) is 22.4. The number of benzene rings is 3. The number of amides is 1. The predicted octanol–water partition coefficient (Wildman–Crippen LogP) is 9.11. The van der Waals surface area contributed by atoms with Crippen LogP contribution in [0.1, 0.15) is 35.6 Å². The number of nitrogens with one attached hydrogen (secondary N) is 4. The molecule has 1 fully saturated rings. The molecule has 3 aromatic carbocycles. The van der Waals surface area contributed by atoms with Crippen molar-refractivity contribution in [3.8, 4) is 6.07 Å². The van der Waals surface area contributed by atoms with Gasteiger partial charge in [0, 0.05) is 60.7 Å². The molecule has 1 atom stereocenters. The van der Waals surface area contributed by atoms with Crippen LogP contribution >= 0.6 is 23.2 Å². The van der Waals surface area contributed by atoms with E-state index in [-0.39, 0.29) is 29.3 Å². The second kappa shape index (κ2) is 16.3. The molecule has 3 heterocycles. The summed E-state index contributed by atoms with van der Waals surface area (Å²) in [7, 11) is 0. The molecule has 0 bridgehead atoms. The number of aromatic nitrogens is 2. The minimum atomic E-state index is -0.635. The van der Waals surface area contributed by atoms with Gasteiger partial charge in [-0.1, -0.05) is 59.6 Å². The standard InChI is InChI=1S/C37H32Cl2FN9O2/c38-30-16-27(8-9-32(30)40)46-34-25(18-41)20-45-36-29(34)15-28(17-31(36)39)47-35(24-7-4-12-43-19-24)33(48-42)21-44-26-10-13-49(14-11-26)37(50)51-22-23-5-2-1-3-6-23/h1-9,12,15-17,19-21,26,35,42,44,47H,10-11,13-14,22H2,(H,45,46)/b33-21-,48-42?. The van der Waals surface area contributed by atoms with E-state index in [9.17, 15) is 14.4 Å². The molecule has 2 aromatic heterocycles. The lowest BCUT2D eigenvalue weighted by atomic mass is 10.0. The Kier molecular flexibility index (Phi) is 11.2. The first kappa shape index (κ1) is 35.1. The van der Waals surface area contributed by atoms with E-state index in [1.165, 1.54) is 24.4 Å². The molecule has 258 valence electrons. The van der Waals surface area contributed by atoms with Crippen molar-refractivity contribution < 1.29 is 13.9 Å². The Morgan fingerprint density at radius 1 is 1.08 bits per heavy atom. The number of ether oxygens (including phenoxy) is 1. The van der Waals surface area contributed by atoms with Crippen molar-refractivity contribution in [3.63, 3.8) is 0 Å². The van der Waals surface area contributed by atoms with Gasteiger partial charge in [-0.05, 0) is 60.4 Å². The second-order valence-corrected chi connectivity index (χ2v) is 12.6. The minimum absolute atomic E-state index is 0.0358. The lowest BCUT2D eigenvalue weighted by Gasteiger charge is -2.31. The molecule has 1 saturated heterocycles. The quantitative estimate of drug-likeness (QED) is 0.0985. The zero-order valence-electron chi connectivity index (χ0n) is 27.1. The number of hydrogen-bond acceptors (Lipinski definition) is 10. The Hall–Kier alpha value is -5.77. The van der Waals surface area contributed by atoms with E-state index in [2.05, 4.69) is 37.1 Å². The number of nitriles is 1. The lowest BCUT2D eigenvalue weighted by Crippen LogP contribution is -2.44. The van der Waals surface area contributed by atoms with Crippen molar-refractivity contribution in [1.82, 2.24) is 20.2 Å². The van der Waals surface area contributed by atoms with Crippen LogP contribution in [-0.4, -0.2) is 40.1 Å². The number of hydrogen-bond donors (Lipinski definition) is 4. The third-order valence-electron chi connectivity index (χ3n) is 8.41. The molecule has 1 unspecified atom stereocenters. The number of rotatable bonds is 11. The summed E-state index contributed by atoms with van der Waals surface area (Å²) < 4.78 is 19.4. The highest BCUT2D eigenvalue weighted by Crippen LogP contribution is 2.37. The van der Waals surface area contributed by atoms with E-state index in [4.69, 9.17) is 33.5 Å². The molecule has 1 aliphatic heterocycles. The maximum atomic E-state index is 13.9. The highest BCUT2D eigenvalue weighted by Gasteiger charge is 2.25. The van der Waals surface area contributed by atoms with Gasteiger partial charge in [-0.2, -0.15) is 10.4 Å². The van der Waals surface area contributed by atoms with Gasteiger partial charge in [0.25, 0.3) is 0 Å². The fraction of sp³-hybridized carbons (Fsp3) is 0.189. The molecule has 11 nitrogen and oxygen atoms in total. The molecule has 0 radical (unpaired) electrons. The van der Waals surface area contributed by atoms with E-state index in [1.807, 2.05) is 36.4 Å². The zero-order valence-corrected chi connectivity index (χ0v) is 28.6. The SMILES string of the molecule is N#Cc1cnc2c(Cl)cc(NC(/C(=C/NC3CCN(C(=O)OCc4ccccc4)CC3)N=N)c3cccnc3)cc2c1Nc1ccc(F)c(Cl)c1. The maximum Gasteiger partial charge on any atom is 0.410 e. The highest BCUT2D eigenvalue weighted by atomic mass is 35.5. The van der Waals surface area contributed by atoms with Crippen molar-refractivity contribution >= 4 is 57.3 Å². The Morgan fingerprint density at radius 3 is 2.57 bits per heavy atom. The summed E-state index contributed by atoms with van der Waals surface area (Å²) in [5.41, 5.74) is 12.2. The molecular formula is C37H32Cl2FN9O2. The summed E-state index contributed by atoms with van der Waals surface area (Å²) in [4.78, 5) is 23.0. The molecular weight excluding hydrogens is 692 g/mol. The van der Waals surface area contributed by atoms with Gasteiger partial charge in [-0.15, -0.1) is 0 Å². The number of halogens is 3. The van der Waals surface area contributed by atoms with E-state index in [0.717, 1.165) is 11.1 Å². The summed E-state index contributed by atoms with van der Waals surface area (Å²) in [5, 5.41) is 24.6. The molecule has 5 aromatic rings. The zero-order chi connectivity index (χ0) is 35.7. The van der Waals surface area contributed by atoms with Crippen LogP contribution in [0.25, 0.3) is 10.9 Å². The molecule has 0 aliphatic carbocycles. The van der Waals surface area contributed by atoms with Crippen molar-refractivity contribution in [2.75, 3.05) is 23.7 Å². The van der Waals surface area contributed by atoms with Gasteiger partial charge < -0.3 is 25.6 Å². The fourth-order valence-corrected chi connectivity index (χ4v) is 6.19. The van der Waals surface area contributed by atoms with Gasteiger partial charge in [0.1, 0.15) is 24.2 Å². The molecule has 1 amide bonds. The number of likely N-dealkylation sites (tertiary alicyclic amines) is 1. The van der Waals surface area contributed by atoms with Gasteiger partial charge in [0.2, 0.25) is 0 Å². The first-order valence-electron chi connectivity index (χ1n) is 16.0. The normalized spacial score (nSPS) is 14.0. The average molecular weight is 725 g/mol. The molecule has 14 heteroatoms. The topological polar surface area (TPSA) is 151 Å². The van der Waals surface area contributed by atoms with E-state index in [0.29, 0.717) is 64.6 Å². The minimum Gasteiger partial charge on any atom is -0.445 e. The third-order valence-corrected chi connectivity index (χ3v) is 8.99. The molecule has 4 N–H and O–H groups in total. The number of fused-ring (bicyclic) bond motifs is 1. The largest absolute Gasteiger partial charge is 0.445 e. The van der Waals surface area contributed by atoms with Crippen molar-refractivity contribution in [3.05, 3.63) is 136 Å². The summed E-state index contributed by atoms with van der Waals surface area (Å²) >= 11 is 12.8. The third kappa shape index (κ3) is 8.52. The van der Waals surface area contributed by atoms with Crippen LogP contribution in [0.3, 0.4) is 0 Å². The highest BCUT2D eigenvalue weighted by molar-refractivity contribution is 6.36. The van der Waals surface area contributed by atoms with E-state index in [1.54, 1.807) is 41.7 Å². The van der Waals surface area contributed by atoms with Gasteiger partial charge in [0.15, 0.2) is 0 Å². The van der Waals surface area contributed by atoms with Gasteiger partial charge in [-0.25, -0.2) is 14.7 Å². The van der Waals surface area contributed by atoms with Gasteiger partial charge in [0.05, 0.1) is 32.9 Å². The summed E-state index contributed by atoms with van der Waals surface area (Å²) in [6.45, 7) is 1.26. The number of anilines is 3. The van der Waals surface area contributed by atoms with Crippen LogP contribution in [-0.2, 0) is 11.3 Å². The molecule has 0 saturated carbocycles. The number of nitrogens with zero attached hydrogens (tertiary/aromatic N) is 5. The van der Waals surface area contributed by atoms with E-state index < -0.39 is 11.9 Å². The van der Waals surface area contributed by atoms with Crippen molar-refractivity contribution in [1.29, 1.82) is 10.8 Å². The molecule has 0 spiro atoms. The van der Waals surface area contributed by atoms with Crippen molar-refractivity contribution in [2.24, 2.45) is 5.11 Å². The fourth-order valence-electron chi connectivity index (χ4n) is 5.74. The van der Waals surface area contributed by atoms with Crippen LogP contribution in [0.15, 0.2) is 108 Å². The maximum absolute atomic E-state index is 13.9. The lowest BCUT2D eigenvalue weighted by molar-refractivity contribution is 0.0861. The predicted molar refractivity (Wildman–Crippen MR) is 194 cm³/mol. The van der Waals surface area contributed by atoms with Crippen molar-refractivity contribution in [2.45, 2.75) is 31.5 Å². The Bertz CT molecular complexity index is 2110. The van der Waals surface area contributed by atoms with E-state index >= 15 is 0 Å².